The van der Waals surface area contributed by atoms with E-state index in [1.54, 1.807) is 0 Å². The lowest BCUT2D eigenvalue weighted by molar-refractivity contribution is 0.102. The van der Waals surface area contributed by atoms with Crippen molar-refractivity contribution in [3.05, 3.63) is 12.2 Å². The highest BCUT2D eigenvalue weighted by Crippen LogP contribution is 2.20. The van der Waals surface area contributed by atoms with Gasteiger partial charge in [-0.05, 0) is 58.2 Å². The van der Waals surface area contributed by atoms with Crippen molar-refractivity contribution in [1.82, 2.24) is 30.3 Å². The first kappa shape index (κ1) is 26.5. The average molecular weight is 538 g/mol. The summed E-state index contributed by atoms with van der Waals surface area (Å²) in [6, 6.07) is 0. The van der Waals surface area contributed by atoms with Crippen molar-refractivity contribution >= 4 is 41.7 Å². The van der Waals surface area contributed by atoms with Gasteiger partial charge < -0.3 is 15.2 Å². The summed E-state index contributed by atoms with van der Waals surface area (Å²) in [5, 5.41) is 15.2. The third-order valence-electron chi connectivity index (χ3n) is 5.31. The summed E-state index contributed by atoms with van der Waals surface area (Å²) in [6.07, 6.45) is 9.98. The van der Waals surface area contributed by atoms with Crippen LogP contribution in [0.3, 0.4) is 0 Å². The summed E-state index contributed by atoms with van der Waals surface area (Å²) in [4.78, 5) is 7.53. The number of aromatic nitrogens is 3. The molecule has 0 bridgehead atoms. The zero-order valence-corrected chi connectivity index (χ0v) is 21.8. The van der Waals surface area contributed by atoms with E-state index in [2.05, 4.69) is 57.3 Å². The molecule has 0 atom stereocenters. The Kier molecular flexibility index (Phi) is 13.2. The molecule has 0 spiro atoms. The second kappa shape index (κ2) is 14.5. The van der Waals surface area contributed by atoms with Gasteiger partial charge in [0, 0.05) is 31.6 Å². The molecule has 1 saturated heterocycles. The van der Waals surface area contributed by atoms with Crippen molar-refractivity contribution in [3.63, 3.8) is 0 Å². The molecule has 9 heteroatoms. The summed E-state index contributed by atoms with van der Waals surface area (Å²) in [7, 11) is 0. The van der Waals surface area contributed by atoms with Gasteiger partial charge in [0.2, 0.25) is 0 Å². The van der Waals surface area contributed by atoms with Crippen LogP contribution in [0.15, 0.2) is 11.3 Å². The van der Waals surface area contributed by atoms with E-state index < -0.39 is 0 Å². The molecular formula is C20H40IN7S. The van der Waals surface area contributed by atoms with Gasteiger partial charge in [0.25, 0.3) is 0 Å². The Balaban J connectivity index is 0.00000420. The molecule has 0 amide bonds. The second-order valence-corrected chi connectivity index (χ2v) is 9.00. The number of guanidine groups is 1. The summed E-state index contributed by atoms with van der Waals surface area (Å²) < 4.78 is 2.11. The largest absolute Gasteiger partial charge is 0.356 e. The van der Waals surface area contributed by atoms with Crippen molar-refractivity contribution in [2.75, 3.05) is 44.7 Å². The fourth-order valence-corrected chi connectivity index (χ4v) is 3.94. The Bertz CT molecular complexity index is 585. The molecule has 0 aromatic carbocycles. The van der Waals surface area contributed by atoms with E-state index >= 15 is 0 Å². The summed E-state index contributed by atoms with van der Waals surface area (Å²) in [5.74, 6) is 3.11. The van der Waals surface area contributed by atoms with Crippen molar-refractivity contribution in [3.8, 4) is 0 Å². The molecule has 1 fully saturated rings. The molecular weight excluding hydrogens is 497 g/mol. The van der Waals surface area contributed by atoms with Gasteiger partial charge in [0.1, 0.15) is 12.2 Å². The molecule has 168 valence electrons. The van der Waals surface area contributed by atoms with Crippen LogP contribution in [0.1, 0.15) is 52.3 Å². The standard InChI is InChI=1S/C20H39N7S.HI/c1-5-18-25-24-17-26(18)14-11-22-19(21-10-9-15-28-4)23-16-20(2,3)27-12-7-6-8-13-27;/h17H,5-16H2,1-4H3,(H2,21,22,23);1H. The fourth-order valence-electron chi connectivity index (χ4n) is 3.50. The number of nitrogens with zero attached hydrogens (tertiary/aromatic N) is 5. The summed E-state index contributed by atoms with van der Waals surface area (Å²) >= 11 is 1.89. The van der Waals surface area contributed by atoms with Crippen molar-refractivity contribution in [2.24, 2.45) is 4.99 Å². The van der Waals surface area contributed by atoms with Crippen LogP contribution in [0.2, 0.25) is 0 Å². The zero-order valence-electron chi connectivity index (χ0n) is 18.6. The number of nitrogens with one attached hydrogen (secondary N) is 2. The zero-order chi connectivity index (χ0) is 20.2. The molecule has 2 N–H and O–H groups in total. The predicted octanol–water partition coefficient (Wildman–Crippen LogP) is 3.01. The van der Waals surface area contributed by atoms with E-state index in [-0.39, 0.29) is 29.5 Å². The molecule has 0 unspecified atom stereocenters. The van der Waals surface area contributed by atoms with E-state index in [1.165, 1.54) is 38.1 Å². The molecule has 0 aliphatic carbocycles. The van der Waals surface area contributed by atoms with Crippen molar-refractivity contribution < 1.29 is 0 Å². The molecule has 7 nitrogen and oxygen atoms in total. The molecule has 2 heterocycles. The highest BCUT2D eigenvalue weighted by Gasteiger charge is 2.27. The monoisotopic (exact) mass is 537 g/mol. The van der Waals surface area contributed by atoms with E-state index in [1.807, 2.05) is 18.1 Å². The fraction of sp³-hybridized carbons (Fsp3) is 0.850. The Hall–Kier alpha value is -0.550. The number of hydrogen-bond acceptors (Lipinski definition) is 5. The highest BCUT2D eigenvalue weighted by molar-refractivity contribution is 14.0. The van der Waals surface area contributed by atoms with Crippen LogP contribution < -0.4 is 10.6 Å². The van der Waals surface area contributed by atoms with Crippen LogP contribution >= 0.6 is 35.7 Å². The average Bonchev–Trinajstić information content (AvgIpc) is 3.17. The van der Waals surface area contributed by atoms with Crippen LogP contribution in [-0.2, 0) is 13.0 Å². The number of likely N-dealkylation sites (tertiary alicyclic amines) is 1. The quantitative estimate of drug-likeness (QED) is 0.196. The maximum Gasteiger partial charge on any atom is 0.191 e. The Labute approximate surface area is 198 Å². The first-order valence-electron chi connectivity index (χ1n) is 10.7. The molecule has 1 aliphatic rings. The topological polar surface area (TPSA) is 70.4 Å². The Morgan fingerprint density at radius 3 is 2.62 bits per heavy atom. The molecule has 0 radical (unpaired) electrons. The summed E-state index contributed by atoms with van der Waals surface area (Å²) in [5.41, 5.74) is 0.0952. The number of rotatable bonds is 11. The molecule has 1 aromatic heterocycles. The lowest BCUT2D eigenvalue weighted by Gasteiger charge is -2.40. The number of hydrogen-bond donors (Lipinski definition) is 2. The van der Waals surface area contributed by atoms with Gasteiger partial charge in [-0.3, -0.25) is 9.89 Å². The minimum atomic E-state index is 0. The van der Waals surface area contributed by atoms with Crippen LogP contribution in [-0.4, -0.2) is 75.9 Å². The van der Waals surface area contributed by atoms with Gasteiger partial charge in [-0.25, -0.2) is 0 Å². The smallest absolute Gasteiger partial charge is 0.191 e. The van der Waals surface area contributed by atoms with E-state index in [0.29, 0.717) is 0 Å². The number of halogens is 1. The summed E-state index contributed by atoms with van der Waals surface area (Å²) in [6.45, 7) is 12.5. The normalized spacial score (nSPS) is 15.8. The molecule has 1 aliphatic heterocycles. The lowest BCUT2D eigenvalue weighted by atomic mass is 9.99. The number of aliphatic imine (C=N–C) groups is 1. The Morgan fingerprint density at radius 2 is 1.93 bits per heavy atom. The van der Waals surface area contributed by atoms with Crippen LogP contribution in [0, 0.1) is 0 Å². The first-order chi connectivity index (χ1) is 13.6. The van der Waals surface area contributed by atoms with Crippen LogP contribution in [0.25, 0.3) is 0 Å². The van der Waals surface area contributed by atoms with Crippen LogP contribution in [0.4, 0.5) is 0 Å². The van der Waals surface area contributed by atoms with Gasteiger partial charge >= 0.3 is 0 Å². The number of aryl methyl sites for hydroxylation is 1. The van der Waals surface area contributed by atoms with Gasteiger partial charge in [0.05, 0.1) is 6.54 Å². The maximum absolute atomic E-state index is 4.94. The second-order valence-electron chi connectivity index (χ2n) is 8.02. The number of thioether (sulfide) groups is 1. The number of piperidine rings is 1. The molecule has 1 aromatic rings. The van der Waals surface area contributed by atoms with Crippen molar-refractivity contribution in [1.29, 1.82) is 0 Å². The van der Waals surface area contributed by atoms with Crippen LogP contribution in [0.5, 0.6) is 0 Å². The van der Waals surface area contributed by atoms with Crippen molar-refractivity contribution in [2.45, 2.75) is 65.0 Å². The lowest BCUT2D eigenvalue weighted by Crippen LogP contribution is -2.49. The van der Waals surface area contributed by atoms with Gasteiger partial charge in [0.15, 0.2) is 5.96 Å². The molecule has 2 rings (SSSR count). The predicted molar refractivity (Wildman–Crippen MR) is 136 cm³/mol. The molecule has 29 heavy (non-hydrogen) atoms. The van der Waals surface area contributed by atoms with E-state index in [9.17, 15) is 0 Å². The minimum Gasteiger partial charge on any atom is -0.356 e. The van der Waals surface area contributed by atoms with Gasteiger partial charge in [-0.15, -0.1) is 34.2 Å². The minimum absolute atomic E-state index is 0. The SMILES string of the molecule is CCc1nncn1CCNC(=NCC(C)(C)N1CCCCC1)NCCCSC.I. The highest BCUT2D eigenvalue weighted by atomic mass is 127. The third-order valence-corrected chi connectivity index (χ3v) is 6.01. The molecule has 0 saturated carbocycles. The maximum atomic E-state index is 4.94. The Morgan fingerprint density at radius 1 is 1.21 bits per heavy atom. The van der Waals surface area contributed by atoms with E-state index in [4.69, 9.17) is 4.99 Å². The third kappa shape index (κ3) is 9.42. The van der Waals surface area contributed by atoms with E-state index in [0.717, 1.165) is 50.8 Å². The van der Waals surface area contributed by atoms with Gasteiger partial charge in [-0.2, -0.15) is 11.8 Å². The van der Waals surface area contributed by atoms with Gasteiger partial charge in [-0.1, -0.05) is 13.3 Å². The first-order valence-corrected chi connectivity index (χ1v) is 12.1.